The Bertz CT molecular complexity index is 213. The molecule has 0 aliphatic heterocycles. The number of hydrogen-bond donors (Lipinski definition) is 0. The van der Waals surface area contributed by atoms with Gasteiger partial charge in [-0.3, -0.25) is 0 Å². The first kappa shape index (κ1) is 14.7. The lowest BCUT2D eigenvalue weighted by molar-refractivity contribution is -0.108. The van der Waals surface area contributed by atoms with Crippen LogP contribution in [0.5, 0.6) is 0 Å². The molecule has 2 heteroatoms. The van der Waals surface area contributed by atoms with E-state index in [-0.39, 0.29) is 0 Å². The van der Waals surface area contributed by atoms with Crippen LogP contribution in [0.1, 0.15) is 59.3 Å². The molecule has 100 valence electrons. The summed E-state index contributed by atoms with van der Waals surface area (Å²) in [5.41, 5.74) is 0. The Morgan fingerprint density at radius 1 is 1.29 bits per heavy atom. The molecule has 0 aromatic heterocycles. The molecule has 0 amide bonds. The predicted molar refractivity (Wildman–Crippen MR) is 71.0 cm³/mol. The maximum absolute atomic E-state index is 10.2. The molecule has 0 radical (unpaired) electrons. The summed E-state index contributed by atoms with van der Waals surface area (Å²) in [7, 11) is 0. The molecule has 1 aliphatic rings. The Kier molecular flexibility index (Phi) is 6.79. The van der Waals surface area contributed by atoms with Crippen molar-refractivity contribution < 1.29 is 9.53 Å². The van der Waals surface area contributed by atoms with Crippen LogP contribution in [0.4, 0.5) is 0 Å². The molecule has 3 atom stereocenters. The molecule has 0 saturated heterocycles. The molecule has 17 heavy (non-hydrogen) atoms. The topological polar surface area (TPSA) is 26.3 Å². The summed E-state index contributed by atoms with van der Waals surface area (Å²) in [6.07, 6.45) is 8.02. The maximum atomic E-state index is 10.2. The van der Waals surface area contributed by atoms with Gasteiger partial charge in [-0.1, -0.05) is 27.2 Å². The van der Waals surface area contributed by atoms with Crippen LogP contribution >= 0.6 is 0 Å². The van der Waals surface area contributed by atoms with Gasteiger partial charge in [0.25, 0.3) is 0 Å². The van der Waals surface area contributed by atoms with Gasteiger partial charge >= 0.3 is 0 Å². The Balaban J connectivity index is 2.28. The second-order valence-corrected chi connectivity index (χ2v) is 5.90. The van der Waals surface area contributed by atoms with E-state index < -0.39 is 0 Å². The van der Waals surface area contributed by atoms with Crippen molar-refractivity contribution in [3.8, 4) is 0 Å². The quantitative estimate of drug-likeness (QED) is 0.499. The molecule has 2 nitrogen and oxygen atoms in total. The van der Waals surface area contributed by atoms with Crippen LogP contribution in [0, 0.1) is 17.8 Å². The minimum atomic E-state index is 0.454. The predicted octanol–water partition coefficient (Wildman–Crippen LogP) is 3.83. The third kappa shape index (κ3) is 5.20. The highest BCUT2D eigenvalue weighted by molar-refractivity contribution is 5.48. The minimum absolute atomic E-state index is 0.454. The number of carbonyl (C=O) groups excluding carboxylic acids is 1. The largest absolute Gasteiger partial charge is 0.378 e. The van der Waals surface area contributed by atoms with Crippen molar-refractivity contribution in [2.75, 3.05) is 6.61 Å². The first-order valence-corrected chi connectivity index (χ1v) is 7.20. The summed E-state index contributed by atoms with van der Waals surface area (Å²) in [4.78, 5) is 10.2. The van der Waals surface area contributed by atoms with Crippen LogP contribution in [-0.2, 0) is 9.53 Å². The highest BCUT2D eigenvalue weighted by Gasteiger charge is 2.30. The van der Waals surface area contributed by atoms with Crippen molar-refractivity contribution in [3.05, 3.63) is 0 Å². The number of aldehydes is 1. The number of unbranched alkanes of at least 4 members (excludes halogenated alkanes) is 2. The molecule has 0 aromatic carbocycles. The summed E-state index contributed by atoms with van der Waals surface area (Å²) < 4.78 is 6.06. The normalized spacial score (nSPS) is 29.5. The van der Waals surface area contributed by atoms with E-state index in [9.17, 15) is 4.79 Å². The zero-order chi connectivity index (χ0) is 12.7. The second-order valence-electron chi connectivity index (χ2n) is 5.90. The van der Waals surface area contributed by atoms with Crippen LogP contribution in [-0.4, -0.2) is 19.0 Å². The highest BCUT2D eigenvalue weighted by Crippen LogP contribution is 2.35. The number of ether oxygens (including phenoxy) is 1. The average molecular weight is 240 g/mol. The Morgan fingerprint density at radius 2 is 2.06 bits per heavy atom. The fourth-order valence-corrected chi connectivity index (χ4v) is 2.87. The van der Waals surface area contributed by atoms with Crippen LogP contribution in [0.25, 0.3) is 0 Å². The Hall–Kier alpha value is -0.370. The van der Waals surface area contributed by atoms with Crippen molar-refractivity contribution in [2.45, 2.75) is 65.4 Å². The SMILES string of the molecule is CC1CCC(C(C)C)C(OCCCCC=O)C1. The molecule has 0 spiro atoms. The second kappa shape index (κ2) is 7.86. The zero-order valence-corrected chi connectivity index (χ0v) is 11.7. The van der Waals surface area contributed by atoms with Crippen molar-refractivity contribution >= 4 is 6.29 Å². The van der Waals surface area contributed by atoms with E-state index in [0.717, 1.165) is 43.5 Å². The molecule has 3 unspecified atom stereocenters. The summed E-state index contributed by atoms with van der Waals surface area (Å²) >= 11 is 0. The minimum Gasteiger partial charge on any atom is -0.378 e. The van der Waals surface area contributed by atoms with Gasteiger partial charge in [-0.05, 0) is 43.4 Å². The van der Waals surface area contributed by atoms with Gasteiger partial charge in [0.05, 0.1) is 6.10 Å². The van der Waals surface area contributed by atoms with Crippen LogP contribution in [0.15, 0.2) is 0 Å². The van der Waals surface area contributed by atoms with Crippen molar-refractivity contribution in [3.63, 3.8) is 0 Å². The first-order chi connectivity index (χ1) is 8.15. The molecule has 1 aliphatic carbocycles. The van der Waals surface area contributed by atoms with Gasteiger partial charge < -0.3 is 9.53 Å². The smallest absolute Gasteiger partial charge is 0.119 e. The van der Waals surface area contributed by atoms with Crippen LogP contribution in [0.3, 0.4) is 0 Å². The van der Waals surface area contributed by atoms with Gasteiger partial charge in [-0.2, -0.15) is 0 Å². The maximum Gasteiger partial charge on any atom is 0.119 e. The van der Waals surface area contributed by atoms with Crippen LogP contribution < -0.4 is 0 Å². The van der Waals surface area contributed by atoms with Crippen molar-refractivity contribution in [2.24, 2.45) is 17.8 Å². The molecular formula is C15H28O2. The summed E-state index contributed by atoms with van der Waals surface area (Å²) in [6, 6.07) is 0. The Morgan fingerprint density at radius 3 is 2.71 bits per heavy atom. The molecule has 1 fully saturated rings. The lowest BCUT2D eigenvalue weighted by Crippen LogP contribution is -2.34. The molecule has 0 bridgehead atoms. The van der Waals surface area contributed by atoms with Gasteiger partial charge in [0.2, 0.25) is 0 Å². The first-order valence-electron chi connectivity index (χ1n) is 7.20. The standard InChI is InChI=1S/C15H28O2/c1-12(2)14-8-7-13(3)11-15(14)17-10-6-4-5-9-16/h9,12-15H,4-8,10-11H2,1-3H3. The molecule has 0 heterocycles. The summed E-state index contributed by atoms with van der Waals surface area (Å²) in [5.74, 6) is 2.27. The fraction of sp³-hybridized carbons (Fsp3) is 0.933. The van der Waals surface area contributed by atoms with Crippen molar-refractivity contribution in [1.82, 2.24) is 0 Å². The molecule has 0 aromatic rings. The monoisotopic (exact) mass is 240 g/mol. The van der Waals surface area contributed by atoms with Crippen LogP contribution in [0.2, 0.25) is 0 Å². The lowest BCUT2D eigenvalue weighted by atomic mass is 9.75. The number of hydrogen-bond acceptors (Lipinski definition) is 2. The van der Waals surface area contributed by atoms with Gasteiger partial charge in [0, 0.05) is 13.0 Å². The molecular weight excluding hydrogens is 212 g/mol. The lowest BCUT2D eigenvalue weighted by Gasteiger charge is -2.37. The van der Waals surface area contributed by atoms with Gasteiger partial charge in [0.1, 0.15) is 6.29 Å². The zero-order valence-electron chi connectivity index (χ0n) is 11.7. The molecule has 1 saturated carbocycles. The summed E-state index contributed by atoms with van der Waals surface area (Å²) in [5, 5.41) is 0. The van der Waals surface area contributed by atoms with Gasteiger partial charge in [0.15, 0.2) is 0 Å². The highest BCUT2D eigenvalue weighted by atomic mass is 16.5. The van der Waals surface area contributed by atoms with Gasteiger partial charge in [-0.15, -0.1) is 0 Å². The molecule has 0 N–H and O–H groups in total. The third-order valence-corrected chi connectivity index (χ3v) is 4.01. The van der Waals surface area contributed by atoms with Crippen molar-refractivity contribution in [1.29, 1.82) is 0 Å². The Labute approximate surface area is 106 Å². The summed E-state index contributed by atoms with van der Waals surface area (Å²) in [6.45, 7) is 7.78. The van der Waals surface area contributed by atoms with Gasteiger partial charge in [-0.25, -0.2) is 0 Å². The van der Waals surface area contributed by atoms with E-state index in [1.165, 1.54) is 19.3 Å². The third-order valence-electron chi connectivity index (χ3n) is 4.01. The van der Waals surface area contributed by atoms with E-state index >= 15 is 0 Å². The fourth-order valence-electron chi connectivity index (χ4n) is 2.87. The molecule has 1 rings (SSSR count). The number of rotatable bonds is 7. The van der Waals surface area contributed by atoms with E-state index in [4.69, 9.17) is 4.74 Å². The van der Waals surface area contributed by atoms with E-state index in [0.29, 0.717) is 12.5 Å². The number of carbonyl (C=O) groups is 1. The van der Waals surface area contributed by atoms with E-state index in [1.807, 2.05) is 0 Å². The average Bonchev–Trinajstić information content (AvgIpc) is 2.28. The van der Waals surface area contributed by atoms with E-state index in [1.54, 1.807) is 0 Å². The van der Waals surface area contributed by atoms with E-state index in [2.05, 4.69) is 20.8 Å².